The number of hydrogen-bond donors (Lipinski definition) is 6. The van der Waals surface area contributed by atoms with Crippen molar-refractivity contribution in [1.82, 2.24) is 5.32 Å². The van der Waals surface area contributed by atoms with E-state index in [-0.39, 0.29) is 25.3 Å². The zero-order chi connectivity index (χ0) is 19.4. The molecule has 1 fully saturated rings. The molecule has 3 unspecified atom stereocenters. The van der Waals surface area contributed by atoms with Crippen molar-refractivity contribution in [3.05, 3.63) is 0 Å². The predicted molar refractivity (Wildman–Crippen MR) is 91.6 cm³/mol. The molecule has 0 aromatic heterocycles. The first-order valence-electron chi connectivity index (χ1n) is 8.53. The lowest BCUT2D eigenvalue weighted by atomic mass is 9.79. The van der Waals surface area contributed by atoms with E-state index < -0.39 is 36.9 Å². The topological polar surface area (TPSA) is 170 Å². The summed E-state index contributed by atoms with van der Waals surface area (Å²) in [4.78, 5) is 33.2. The SMILES string of the molecule is CCB(O)O.NC(CCC(=O)O)C(=O)NCC1CCCCC1C(=O)O. The van der Waals surface area contributed by atoms with Crippen LogP contribution in [-0.4, -0.2) is 57.8 Å². The van der Waals surface area contributed by atoms with Crippen molar-refractivity contribution in [3.63, 3.8) is 0 Å². The predicted octanol–water partition coefficient (Wildman–Crippen LogP) is -0.335. The minimum Gasteiger partial charge on any atom is -0.481 e. The molecule has 1 aliphatic carbocycles. The molecule has 0 aliphatic heterocycles. The summed E-state index contributed by atoms with van der Waals surface area (Å²) in [5.41, 5.74) is 5.58. The van der Waals surface area contributed by atoms with Gasteiger partial charge in [-0.1, -0.05) is 19.8 Å². The summed E-state index contributed by atoms with van der Waals surface area (Å²) in [5.74, 6) is -2.72. The van der Waals surface area contributed by atoms with Crippen LogP contribution >= 0.6 is 0 Å². The Balaban J connectivity index is 0.00000101. The third-order valence-electron chi connectivity index (χ3n) is 4.14. The van der Waals surface area contributed by atoms with Gasteiger partial charge >= 0.3 is 19.1 Å². The first-order valence-corrected chi connectivity index (χ1v) is 8.53. The van der Waals surface area contributed by atoms with Gasteiger partial charge in [-0.15, -0.1) is 0 Å². The highest BCUT2D eigenvalue weighted by Gasteiger charge is 2.31. The van der Waals surface area contributed by atoms with Crippen molar-refractivity contribution < 1.29 is 34.6 Å². The van der Waals surface area contributed by atoms with E-state index in [0.29, 0.717) is 12.7 Å². The molecule has 0 aromatic carbocycles. The van der Waals surface area contributed by atoms with Gasteiger partial charge in [0.05, 0.1) is 12.0 Å². The Morgan fingerprint density at radius 2 is 1.76 bits per heavy atom. The summed E-state index contributed by atoms with van der Waals surface area (Å²) in [5, 5.41) is 36.1. The summed E-state index contributed by atoms with van der Waals surface area (Å²) >= 11 is 0. The number of carboxylic acids is 2. The Kier molecular flexibility index (Phi) is 11.8. The van der Waals surface area contributed by atoms with E-state index in [9.17, 15) is 14.4 Å². The van der Waals surface area contributed by atoms with Gasteiger partial charge in [-0.25, -0.2) is 0 Å². The standard InChI is InChI=1S/C13H22N2O5.C2H7BO2/c14-10(5-6-11(16)17)12(18)15-7-8-3-1-2-4-9(8)13(19)20;1-2-3(4)5/h8-10H,1-7,14H2,(H,15,18)(H,16,17)(H,19,20);4-5H,2H2,1H3. The second-order valence-electron chi connectivity index (χ2n) is 6.16. The van der Waals surface area contributed by atoms with Crippen LogP contribution in [-0.2, 0) is 14.4 Å². The highest BCUT2D eigenvalue weighted by molar-refractivity contribution is 6.40. The molecule has 7 N–H and O–H groups in total. The van der Waals surface area contributed by atoms with E-state index >= 15 is 0 Å². The molecular weight excluding hydrogens is 331 g/mol. The van der Waals surface area contributed by atoms with Crippen molar-refractivity contribution in [2.24, 2.45) is 17.6 Å². The number of nitrogens with two attached hydrogens (primary N) is 1. The molecule has 0 radical (unpaired) electrons. The van der Waals surface area contributed by atoms with Gasteiger partial charge in [0.2, 0.25) is 5.91 Å². The van der Waals surface area contributed by atoms with Crippen LogP contribution in [0.1, 0.15) is 45.4 Å². The molecule has 1 aliphatic rings. The smallest absolute Gasteiger partial charge is 0.451 e. The molecule has 0 saturated heterocycles. The highest BCUT2D eigenvalue weighted by Crippen LogP contribution is 2.29. The van der Waals surface area contributed by atoms with Crippen molar-refractivity contribution in [3.8, 4) is 0 Å². The second kappa shape index (κ2) is 12.7. The van der Waals surface area contributed by atoms with Crippen molar-refractivity contribution in [2.75, 3.05) is 6.54 Å². The van der Waals surface area contributed by atoms with Crippen LogP contribution in [0.2, 0.25) is 6.32 Å². The molecule has 10 heteroatoms. The summed E-state index contributed by atoms with van der Waals surface area (Å²) in [6.07, 6.45) is 3.63. The number of aliphatic carboxylic acids is 2. The van der Waals surface area contributed by atoms with Crippen LogP contribution in [0.4, 0.5) is 0 Å². The third-order valence-corrected chi connectivity index (χ3v) is 4.14. The zero-order valence-electron chi connectivity index (χ0n) is 14.6. The summed E-state index contributed by atoms with van der Waals surface area (Å²) in [6.45, 7) is 1.99. The average Bonchev–Trinajstić information content (AvgIpc) is 2.57. The van der Waals surface area contributed by atoms with Gasteiger partial charge in [-0.3, -0.25) is 14.4 Å². The number of rotatable bonds is 8. The van der Waals surface area contributed by atoms with Crippen LogP contribution < -0.4 is 11.1 Å². The van der Waals surface area contributed by atoms with E-state index in [1.54, 1.807) is 6.92 Å². The Hall–Kier alpha value is -1.65. The zero-order valence-corrected chi connectivity index (χ0v) is 14.6. The Labute approximate surface area is 147 Å². The van der Waals surface area contributed by atoms with Gasteiger partial charge in [-0.05, 0) is 31.5 Å². The minimum atomic E-state index is -1.12. The third kappa shape index (κ3) is 10.7. The molecule has 9 nitrogen and oxygen atoms in total. The summed E-state index contributed by atoms with van der Waals surface area (Å²) in [6, 6.07) is -0.863. The van der Waals surface area contributed by atoms with Crippen LogP contribution in [0.5, 0.6) is 0 Å². The fraction of sp³-hybridized carbons (Fsp3) is 0.800. The lowest BCUT2D eigenvalue weighted by molar-refractivity contribution is -0.145. The normalized spacial score (nSPS) is 20.6. The van der Waals surface area contributed by atoms with Gasteiger partial charge < -0.3 is 31.3 Å². The van der Waals surface area contributed by atoms with Crippen molar-refractivity contribution in [2.45, 2.75) is 57.8 Å². The van der Waals surface area contributed by atoms with Gasteiger partial charge in [-0.2, -0.15) is 0 Å². The van der Waals surface area contributed by atoms with Crippen molar-refractivity contribution in [1.29, 1.82) is 0 Å². The molecule has 1 amide bonds. The van der Waals surface area contributed by atoms with Gasteiger partial charge in [0.15, 0.2) is 0 Å². The number of carbonyl (C=O) groups excluding carboxylic acids is 1. The maximum absolute atomic E-state index is 11.7. The van der Waals surface area contributed by atoms with Crippen LogP contribution in [0.3, 0.4) is 0 Å². The van der Waals surface area contributed by atoms with Crippen LogP contribution in [0.25, 0.3) is 0 Å². The van der Waals surface area contributed by atoms with Crippen LogP contribution in [0, 0.1) is 11.8 Å². The molecule has 0 spiro atoms. The van der Waals surface area contributed by atoms with E-state index in [2.05, 4.69) is 5.32 Å². The largest absolute Gasteiger partial charge is 0.481 e. The average molecular weight is 360 g/mol. The Morgan fingerprint density at radius 3 is 2.24 bits per heavy atom. The fourth-order valence-electron chi connectivity index (χ4n) is 2.55. The number of carbonyl (C=O) groups is 3. The lowest BCUT2D eigenvalue weighted by Crippen LogP contribution is -2.44. The van der Waals surface area contributed by atoms with Gasteiger partial charge in [0.25, 0.3) is 0 Å². The Morgan fingerprint density at radius 1 is 1.20 bits per heavy atom. The number of nitrogens with one attached hydrogen (secondary N) is 1. The quantitative estimate of drug-likeness (QED) is 0.319. The van der Waals surface area contributed by atoms with Crippen LogP contribution in [0.15, 0.2) is 0 Å². The monoisotopic (exact) mass is 360 g/mol. The molecule has 3 atom stereocenters. The molecule has 25 heavy (non-hydrogen) atoms. The van der Waals surface area contributed by atoms with E-state index in [4.69, 9.17) is 26.0 Å². The van der Waals surface area contributed by atoms with Gasteiger partial charge in [0, 0.05) is 13.0 Å². The molecule has 0 bridgehead atoms. The van der Waals surface area contributed by atoms with E-state index in [0.717, 1.165) is 19.3 Å². The summed E-state index contributed by atoms with van der Waals surface area (Å²) < 4.78 is 0. The molecule has 0 heterocycles. The number of carboxylic acid groups (broad SMARTS) is 2. The Bertz CT molecular complexity index is 434. The molecule has 0 aromatic rings. The molecule has 1 saturated carbocycles. The van der Waals surface area contributed by atoms with E-state index in [1.165, 1.54) is 0 Å². The molecular formula is C15H29BN2O7. The van der Waals surface area contributed by atoms with E-state index in [1.807, 2.05) is 0 Å². The number of amides is 1. The maximum atomic E-state index is 11.7. The summed E-state index contributed by atoms with van der Waals surface area (Å²) in [7, 11) is -1.12. The maximum Gasteiger partial charge on any atom is 0.451 e. The molecule has 1 rings (SSSR count). The highest BCUT2D eigenvalue weighted by atomic mass is 16.4. The number of hydrogen-bond acceptors (Lipinski definition) is 6. The van der Waals surface area contributed by atoms with Gasteiger partial charge in [0.1, 0.15) is 0 Å². The minimum absolute atomic E-state index is 0.0723. The second-order valence-corrected chi connectivity index (χ2v) is 6.16. The first kappa shape index (κ1) is 23.4. The lowest BCUT2D eigenvalue weighted by Gasteiger charge is -2.28. The fourth-order valence-corrected chi connectivity index (χ4v) is 2.55. The molecule has 144 valence electrons. The van der Waals surface area contributed by atoms with Crippen molar-refractivity contribution >= 4 is 25.0 Å². The first-order chi connectivity index (χ1) is 11.7.